The van der Waals surface area contributed by atoms with Crippen molar-refractivity contribution in [2.75, 3.05) is 6.61 Å². The fourth-order valence-corrected chi connectivity index (χ4v) is 6.17. The molecule has 1 aromatic carbocycles. The van der Waals surface area contributed by atoms with Crippen LogP contribution in [0.4, 0.5) is 0 Å². The van der Waals surface area contributed by atoms with Gasteiger partial charge in [0.15, 0.2) is 5.89 Å². The van der Waals surface area contributed by atoms with Crippen LogP contribution in [0.3, 0.4) is 0 Å². The third-order valence-corrected chi connectivity index (χ3v) is 8.24. The summed E-state index contributed by atoms with van der Waals surface area (Å²) >= 11 is 0. The van der Waals surface area contributed by atoms with E-state index in [0.29, 0.717) is 37.2 Å². The lowest BCUT2D eigenvalue weighted by atomic mass is 9.86. The Morgan fingerprint density at radius 2 is 1.95 bits per heavy atom. The van der Waals surface area contributed by atoms with E-state index in [0.717, 1.165) is 25.0 Å². The molecule has 2 aliphatic heterocycles. The number of rotatable bonds is 6. The Morgan fingerprint density at radius 1 is 1.19 bits per heavy atom. The molecule has 3 aromatic rings. The zero-order valence-electron chi connectivity index (χ0n) is 21.5. The second-order valence-corrected chi connectivity index (χ2v) is 10.5. The number of hydrogen-bond donors (Lipinski definition) is 1. The smallest absolute Gasteiger partial charge is 0.247 e. The van der Waals surface area contributed by atoms with Crippen molar-refractivity contribution in [3.63, 3.8) is 0 Å². The average Bonchev–Trinajstić information content (AvgIpc) is 3.64. The maximum absolute atomic E-state index is 14.5. The number of carbonyl (C=O) groups excluding carboxylic acids is 2. The van der Waals surface area contributed by atoms with Crippen LogP contribution in [-0.4, -0.2) is 49.9 Å². The van der Waals surface area contributed by atoms with E-state index >= 15 is 0 Å². The molecule has 0 saturated carbocycles. The minimum Gasteiger partial charge on any atom is -0.449 e. The predicted molar refractivity (Wildman–Crippen MR) is 134 cm³/mol. The molecule has 2 aromatic heterocycles. The van der Waals surface area contributed by atoms with E-state index in [1.807, 2.05) is 26.0 Å². The molecule has 3 aliphatic rings. The Kier molecular flexibility index (Phi) is 6.10. The molecule has 0 bridgehead atoms. The number of amides is 2. The van der Waals surface area contributed by atoms with Gasteiger partial charge in [-0.1, -0.05) is 44.5 Å². The third-order valence-electron chi connectivity index (χ3n) is 8.24. The Morgan fingerprint density at radius 3 is 2.62 bits per heavy atom. The summed E-state index contributed by atoms with van der Waals surface area (Å²) < 4.78 is 13.4. The maximum atomic E-state index is 14.5. The van der Waals surface area contributed by atoms with Crippen molar-refractivity contribution in [1.29, 1.82) is 0 Å². The summed E-state index contributed by atoms with van der Waals surface area (Å²) in [5.41, 5.74) is 4.03. The Hall–Kier alpha value is -3.46. The lowest BCUT2D eigenvalue weighted by Gasteiger charge is -2.46. The van der Waals surface area contributed by atoms with Gasteiger partial charge in [0.2, 0.25) is 11.8 Å². The minimum absolute atomic E-state index is 0.00322. The van der Waals surface area contributed by atoms with Gasteiger partial charge in [-0.15, -0.1) is 0 Å². The number of ether oxygens (including phenoxy) is 1. The second-order valence-electron chi connectivity index (χ2n) is 10.5. The highest BCUT2D eigenvalue weighted by Gasteiger charge is 2.51. The van der Waals surface area contributed by atoms with Crippen LogP contribution in [0.5, 0.6) is 0 Å². The molecule has 4 heterocycles. The highest BCUT2D eigenvalue weighted by atomic mass is 16.5. The molecule has 194 valence electrons. The summed E-state index contributed by atoms with van der Waals surface area (Å²) in [4.78, 5) is 39.5. The number of piperazine rings is 1. The number of aryl methyl sites for hydroxylation is 1. The molecule has 1 fully saturated rings. The number of benzene rings is 1. The zero-order chi connectivity index (χ0) is 25.7. The van der Waals surface area contributed by atoms with Crippen molar-refractivity contribution in [2.45, 2.75) is 71.3 Å². The molecule has 1 saturated heterocycles. The molecule has 6 rings (SSSR count). The summed E-state index contributed by atoms with van der Waals surface area (Å²) in [5.74, 6) is 0.936. The molecule has 9 heteroatoms. The van der Waals surface area contributed by atoms with Crippen LogP contribution in [0.15, 0.2) is 41.1 Å². The number of carbonyl (C=O) groups is 2. The van der Waals surface area contributed by atoms with E-state index in [1.165, 1.54) is 11.1 Å². The van der Waals surface area contributed by atoms with Crippen molar-refractivity contribution in [3.05, 3.63) is 71.0 Å². The molecule has 1 N–H and O–H groups in total. The minimum atomic E-state index is -0.646. The van der Waals surface area contributed by atoms with Crippen molar-refractivity contribution < 1.29 is 18.7 Å². The number of fused-ring (bicyclic) bond motifs is 2. The van der Waals surface area contributed by atoms with Gasteiger partial charge in [-0.3, -0.25) is 9.59 Å². The van der Waals surface area contributed by atoms with Gasteiger partial charge in [-0.05, 0) is 35.8 Å². The van der Waals surface area contributed by atoms with Gasteiger partial charge in [0.1, 0.15) is 35.9 Å². The third kappa shape index (κ3) is 4.05. The lowest BCUT2D eigenvalue weighted by Crippen LogP contribution is -2.67. The van der Waals surface area contributed by atoms with Crippen LogP contribution in [0.25, 0.3) is 0 Å². The first-order chi connectivity index (χ1) is 18.0. The van der Waals surface area contributed by atoms with E-state index in [9.17, 15) is 9.59 Å². The number of hydrogen-bond acceptors (Lipinski definition) is 6. The van der Waals surface area contributed by atoms with Crippen molar-refractivity contribution >= 4 is 11.8 Å². The first-order valence-corrected chi connectivity index (χ1v) is 13.2. The standard InChI is InChI=1S/C28H33N5O4/c1-4-16(2)24-27(34)31-23(20-11-18-7-5-6-8-19(18)12-20)28(35)33(24)25(22-15-37-17(3)30-22)26-29-13-21-14-36-10-9-32(21)26/h5-8,13,15-16,20,23-25H,4,9-12,14H2,1-3H3,(H,31,34)/t16-,23+,24+,25?/m0/s1. The SMILES string of the molecule is CC[C@H](C)[C@@H]1C(=O)N[C@H](C2Cc3ccccc3C2)C(=O)N1C(c1coc(C)n1)c1ncc2n1CCOC2. The van der Waals surface area contributed by atoms with Gasteiger partial charge in [0.25, 0.3) is 0 Å². The van der Waals surface area contributed by atoms with Crippen LogP contribution in [0.1, 0.15) is 60.5 Å². The fourth-order valence-electron chi connectivity index (χ4n) is 6.17. The van der Waals surface area contributed by atoms with Gasteiger partial charge >= 0.3 is 0 Å². The van der Waals surface area contributed by atoms with E-state index in [4.69, 9.17) is 14.1 Å². The topological polar surface area (TPSA) is 102 Å². The first-order valence-electron chi connectivity index (χ1n) is 13.2. The number of imidazole rings is 1. The van der Waals surface area contributed by atoms with E-state index in [-0.39, 0.29) is 23.7 Å². The van der Waals surface area contributed by atoms with Gasteiger partial charge < -0.3 is 23.9 Å². The Bertz CT molecular complexity index is 1300. The van der Waals surface area contributed by atoms with E-state index < -0.39 is 18.1 Å². The lowest BCUT2D eigenvalue weighted by molar-refractivity contribution is -0.155. The van der Waals surface area contributed by atoms with Gasteiger partial charge in [-0.25, -0.2) is 9.97 Å². The summed E-state index contributed by atoms with van der Waals surface area (Å²) in [7, 11) is 0. The highest BCUT2D eigenvalue weighted by Crippen LogP contribution is 2.38. The average molecular weight is 504 g/mol. The first kappa shape index (κ1) is 23.9. The van der Waals surface area contributed by atoms with Crippen LogP contribution in [-0.2, 0) is 40.3 Å². The highest BCUT2D eigenvalue weighted by molar-refractivity contribution is 5.98. The summed E-state index contributed by atoms with van der Waals surface area (Å²) in [5, 5.41) is 3.14. The Labute approximate surface area is 216 Å². The van der Waals surface area contributed by atoms with E-state index in [2.05, 4.69) is 27.0 Å². The Balaban J connectivity index is 1.45. The molecule has 1 unspecified atom stereocenters. The fraction of sp³-hybridized carbons (Fsp3) is 0.500. The molecule has 2 amide bonds. The molecular weight excluding hydrogens is 470 g/mol. The summed E-state index contributed by atoms with van der Waals surface area (Å²) in [6, 6.07) is 6.38. The monoisotopic (exact) mass is 503 g/mol. The maximum Gasteiger partial charge on any atom is 0.247 e. The van der Waals surface area contributed by atoms with Crippen LogP contribution >= 0.6 is 0 Å². The molecule has 0 radical (unpaired) electrons. The molecule has 0 spiro atoms. The van der Waals surface area contributed by atoms with Crippen LogP contribution < -0.4 is 5.32 Å². The molecule has 9 nitrogen and oxygen atoms in total. The zero-order valence-corrected chi connectivity index (χ0v) is 21.5. The number of oxazole rings is 1. The molecule has 37 heavy (non-hydrogen) atoms. The number of nitrogens with zero attached hydrogens (tertiary/aromatic N) is 4. The summed E-state index contributed by atoms with van der Waals surface area (Å²) in [6.07, 6.45) is 5.66. The quantitative estimate of drug-likeness (QED) is 0.555. The molecular formula is C28H33N5O4. The number of nitrogens with one attached hydrogen (secondary N) is 1. The normalized spacial score (nSPS) is 23.5. The van der Waals surface area contributed by atoms with Gasteiger partial charge in [0.05, 0.1) is 25.1 Å². The van der Waals surface area contributed by atoms with Gasteiger partial charge in [-0.2, -0.15) is 0 Å². The second kappa shape index (κ2) is 9.45. The van der Waals surface area contributed by atoms with Crippen LogP contribution in [0.2, 0.25) is 0 Å². The number of aromatic nitrogens is 3. The van der Waals surface area contributed by atoms with Crippen molar-refractivity contribution in [1.82, 2.24) is 24.8 Å². The molecule has 4 atom stereocenters. The predicted octanol–water partition coefficient (Wildman–Crippen LogP) is 2.96. The van der Waals surface area contributed by atoms with Crippen LogP contribution in [0, 0.1) is 18.8 Å². The largest absolute Gasteiger partial charge is 0.449 e. The van der Waals surface area contributed by atoms with Crippen molar-refractivity contribution in [3.8, 4) is 0 Å². The van der Waals surface area contributed by atoms with Crippen molar-refractivity contribution in [2.24, 2.45) is 11.8 Å². The summed E-state index contributed by atoms with van der Waals surface area (Å²) in [6.45, 7) is 7.50. The van der Waals surface area contributed by atoms with Gasteiger partial charge in [0, 0.05) is 13.5 Å². The molecule has 1 aliphatic carbocycles. The van der Waals surface area contributed by atoms with E-state index in [1.54, 1.807) is 24.3 Å².